The Kier molecular flexibility index (Phi) is 5.91. The zero-order valence-corrected chi connectivity index (χ0v) is 15.1. The van der Waals surface area contributed by atoms with Crippen LogP contribution in [0.1, 0.15) is 28.4 Å². The average molecular weight is 375 g/mol. The zero-order valence-electron chi connectivity index (χ0n) is 15.1. The van der Waals surface area contributed by atoms with E-state index in [1.807, 2.05) is 60.7 Å². The average Bonchev–Trinajstić information content (AvgIpc) is 2.71. The highest BCUT2D eigenvalue weighted by molar-refractivity contribution is 6.13. The minimum absolute atomic E-state index is 0.213. The molecule has 0 atom stereocenters. The van der Waals surface area contributed by atoms with Crippen LogP contribution in [-0.2, 0) is 4.79 Å². The Morgan fingerprint density at radius 1 is 0.857 bits per heavy atom. The second-order valence-electron chi connectivity index (χ2n) is 6.01. The van der Waals surface area contributed by atoms with E-state index in [9.17, 15) is 14.0 Å². The van der Waals surface area contributed by atoms with Crippen LogP contribution in [0.25, 0.3) is 0 Å². The van der Waals surface area contributed by atoms with Gasteiger partial charge in [-0.1, -0.05) is 60.7 Å². The molecule has 0 fully saturated rings. The fourth-order valence-corrected chi connectivity index (χ4v) is 2.64. The molecule has 0 radical (unpaired) electrons. The minimum Gasteiger partial charge on any atom is -0.326 e. The molecule has 3 aromatic rings. The molecule has 0 aliphatic rings. The number of nitrogens with zero attached hydrogens (tertiary/aromatic N) is 1. The molecule has 3 rings (SSSR count). The standard InChI is InChI=1S/C22H18FN3O2/c1-15(27)24-18-12-13-20(23)19(14-18)22(28)26-25-21(16-8-4-2-5-9-16)17-10-6-3-7-11-17/h2-14H,1H3,(H,24,27)(H,26,28). The largest absolute Gasteiger partial charge is 0.326 e. The van der Waals surface area contributed by atoms with Gasteiger partial charge < -0.3 is 5.32 Å². The molecule has 3 aromatic carbocycles. The lowest BCUT2D eigenvalue weighted by Crippen LogP contribution is -2.22. The Bertz CT molecular complexity index is 977. The third-order valence-corrected chi connectivity index (χ3v) is 3.90. The van der Waals surface area contributed by atoms with Crippen molar-refractivity contribution in [2.45, 2.75) is 6.92 Å². The summed E-state index contributed by atoms with van der Waals surface area (Å²) < 4.78 is 14.1. The molecule has 0 saturated heterocycles. The molecule has 2 amide bonds. The summed E-state index contributed by atoms with van der Waals surface area (Å²) in [6.45, 7) is 1.33. The highest BCUT2D eigenvalue weighted by Crippen LogP contribution is 2.15. The first-order chi connectivity index (χ1) is 13.5. The Labute approximate surface area is 161 Å². The van der Waals surface area contributed by atoms with E-state index in [-0.39, 0.29) is 11.5 Å². The van der Waals surface area contributed by atoms with Crippen molar-refractivity contribution in [3.05, 3.63) is 101 Å². The predicted octanol–water partition coefficient (Wildman–Crippen LogP) is 3.97. The van der Waals surface area contributed by atoms with E-state index >= 15 is 0 Å². The quantitative estimate of drug-likeness (QED) is 0.523. The van der Waals surface area contributed by atoms with Crippen LogP contribution < -0.4 is 10.7 Å². The highest BCUT2D eigenvalue weighted by atomic mass is 19.1. The number of carbonyl (C=O) groups excluding carboxylic acids is 2. The van der Waals surface area contributed by atoms with Crippen molar-refractivity contribution in [1.82, 2.24) is 5.43 Å². The van der Waals surface area contributed by atoms with E-state index in [2.05, 4.69) is 15.8 Å². The lowest BCUT2D eigenvalue weighted by atomic mass is 10.0. The monoisotopic (exact) mass is 375 g/mol. The Morgan fingerprint density at radius 2 is 1.43 bits per heavy atom. The van der Waals surface area contributed by atoms with Gasteiger partial charge in [-0.3, -0.25) is 9.59 Å². The smallest absolute Gasteiger partial charge is 0.274 e. The molecule has 0 heterocycles. The maximum absolute atomic E-state index is 14.1. The molecular formula is C22H18FN3O2. The van der Waals surface area contributed by atoms with Crippen LogP contribution in [0.4, 0.5) is 10.1 Å². The van der Waals surface area contributed by atoms with Crippen LogP contribution in [0.3, 0.4) is 0 Å². The molecule has 0 aliphatic heterocycles. The maximum Gasteiger partial charge on any atom is 0.274 e. The van der Waals surface area contributed by atoms with E-state index in [4.69, 9.17) is 0 Å². The van der Waals surface area contributed by atoms with Crippen LogP contribution in [0.2, 0.25) is 0 Å². The molecule has 5 nitrogen and oxygen atoms in total. The van der Waals surface area contributed by atoms with Gasteiger partial charge >= 0.3 is 0 Å². The van der Waals surface area contributed by atoms with E-state index < -0.39 is 11.7 Å². The summed E-state index contributed by atoms with van der Waals surface area (Å²) in [4.78, 5) is 23.7. The minimum atomic E-state index is -0.714. The second kappa shape index (κ2) is 8.73. The molecular weight excluding hydrogens is 357 g/mol. The topological polar surface area (TPSA) is 70.6 Å². The number of carbonyl (C=O) groups is 2. The number of hydrazone groups is 1. The SMILES string of the molecule is CC(=O)Nc1ccc(F)c(C(=O)NN=C(c2ccccc2)c2ccccc2)c1. The first-order valence-electron chi connectivity index (χ1n) is 8.60. The van der Waals surface area contributed by atoms with Crippen LogP contribution in [0.15, 0.2) is 84.0 Å². The van der Waals surface area contributed by atoms with Gasteiger partial charge in [-0.05, 0) is 18.2 Å². The van der Waals surface area contributed by atoms with Gasteiger partial charge in [0.2, 0.25) is 5.91 Å². The molecule has 0 aliphatic carbocycles. The summed E-state index contributed by atoms with van der Waals surface area (Å²) >= 11 is 0. The van der Waals surface area contributed by atoms with E-state index in [0.717, 1.165) is 17.2 Å². The summed E-state index contributed by atoms with van der Waals surface area (Å²) in [6, 6.07) is 22.5. The lowest BCUT2D eigenvalue weighted by Gasteiger charge is -2.09. The first kappa shape index (κ1) is 19.0. The van der Waals surface area contributed by atoms with Gasteiger partial charge in [-0.15, -0.1) is 0 Å². The third-order valence-electron chi connectivity index (χ3n) is 3.90. The number of rotatable bonds is 5. The van der Waals surface area contributed by atoms with Crippen molar-refractivity contribution in [2.75, 3.05) is 5.32 Å². The zero-order chi connectivity index (χ0) is 19.9. The van der Waals surface area contributed by atoms with Gasteiger partial charge in [0.1, 0.15) is 5.82 Å². The summed E-state index contributed by atoms with van der Waals surface area (Å²) in [7, 11) is 0. The molecule has 0 spiro atoms. The molecule has 2 N–H and O–H groups in total. The number of hydrogen-bond donors (Lipinski definition) is 2. The van der Waals surface area contributed by atoms with E-state index in [0.29, 0.717) is 11.4 Å². The molecule has 6 heteroatoms. The third kappa shape index (κ3) is 4.67. The van der Waals surface area contributed by atoms with Crippen molar-refractivity contribution in [3.8, 4) is 0 Å². The maximum atomic E-state index is 14.1. The molecule has 0 aromatic heterocycles. The van der Waals surface area contributed by atoms with Gasteiger partial charge in [0, 0.05) is 23.7 Å². The Hall–Kier alpha value is -3.80. The molecule has 0 unspecified atom stereocenters. The van der Waals surface area contributed by atoms with Gasteiger partial charge in [-0.2, -0.15) is 5.10 Å². The fraction of sp³-hybridized carbons (Fsp3) is 0.0455. The number of benzene rings is 3. The molecule has 28 heavy (non-hydrogen) atoms. The Balaban J connectivity index is 1.91. The number of halogens is 1. The summed E-state index contributed by atoms with van der Waals surface area (Å²) in [5.41, 5.74) is 4.69. The van der Waals surface area contributed by atoms with Crippen LogP contribution in [-0.4, -0.2) is 17.5 Å². The highest BCUT2D eigenvalue weighted by Gasteiger charge is 2.14. The molecule has 140 valence electrons. The normalized spacial score (nSPS) is 10.1. The van der Waals surface area contributed by atoms with Crippen molar-refractivity contribution < 1.29 is 14.0 Å². The van der Waals surface area contributed by atoms with Crippen molar-refractivity contribution >= 4 is 23.2 Å². The summed E-state index contributed by atoms with van der Waals surface area (Å²) in [5.74, 6) is -1.73. The van der Waals surface area contributed by atoms with Gasteiger partial charge in [0.25, 0.3) is 5.91 Å². The number of amides is 2. The molecule has 0 saturated carbocycles. The van der Waals surface area contributed by atoms with Gasteiger partial charge in [0.15, 0.2) is 0 Å². The predicted molar refractivity (Wildman–Crippen MR) is 107 cm³/mol. The second-order valence-corrected chi connectivity index (χ2v) is 6.01. The van der Waals surface area contributed by atoms with E-state index in [1.165, 1.54) is 19.1 Å². The van der Waals surface area contributed by atoms with Crippen molar-refractivity contribution in [3.63, 3.8) is 0 Å². The van der Waals surface area contributed by atoms with E-state index in [1.54, 1.807) is 0 Å². The summed E-state index contributed by atoms with van der Waals surface area (Å²) in [5, 5.41) is 6.76. The first-order valence-corrected chi connectivity index (χ1v) is 8.60. The van der Waals surface area contributed by atoms with Crippen LogP contribution in [0, 0.1) is 5.82 Å². The number of nitrogens with one attached hydrogen (secondary N) is 2. The van der Waals surface area contributed by atoms with Gasteiger partial charge in [0.05, 0.1) is 11.3 Å². The summed E-state index contributed by atoms with van der Waals surface area (Å²) in [6.07, 6.45) is 0. The molecule has 0 bridgehead atoms. The van der Waals surface area contributed by atoms with Crippen molar-refractivity contribution in [1.29, 1.82) is 0 Å². The van der Waals surface area contributed by atoms with Crippen molar-refractivity contribution in [2.24, 2.45) is 5.10 Å². The Morgan fingerprint density at radius 3 is 1.96 bits per heavy atom. The number of hydrogen-bond acceptors (Lipinski definition) is 3. The van der Waals surface area contributed by atoms with Crippen LogP contribution >= 0.6 is 0 Å². The van der Waals surface area contributed by atoms with Gasteiger partial charge in [-0.25, -0.2) is 9.82 Å². The number of anilines is 1. The van der Waals surface area contributed by atoms with Crippen LogP contribution in [0.5, 0.6) is 0 Å². The fourth-order valence-electron chi connectivity index (χ4n) is 2.64. The lowest BCUT2D eigenvalue weighted by molar-refractivity contribution is -0.114.